The molecule has 0 amide bonds. The van der Waals surface area contributed by atoms with Crippen LogP contribution in [0.4, 0.5) is 0 Å². The molecule has 0 unspecified atom stereocenters. The molecule has 3 atom stereocenters. The molecule has 6 nitrogen and oxygen atoms in total. The molecule has 0 spiro atoms. The van der Waals surface area contributed by atoms with Gasteiger partial charge in [-0.15, -0.1) is 0 Å². The van der Waals surface area contributed by atoms with E-state index in [0.717, 1.165) is 12.3 Å². The van der Waals surface area contributed by atoms with E-state index in [1.165, 1.54) is 36.0 Å². The van der Waals surface area contributed by atoms with E-state index in [2.05, 4.69) is 4.72 Å². The molecule has 2 aliphatic rings. The average molecular weight is 371 g/mol. The molecule has 8 heteroatoms. The number of oxazole rings is 1. The van der Waals surface area contributed by atoms with Crippen molar-refractivity contribution in [1.82, 2.24) is 9.29 Å². The number of hydrogen-bond donors (Lipinski definition) is 1. The number of fused-ring (bicyclic) bond motifs is 3. The van der Waals surface area contributed by atoms with Crippen LogP contribution < -0.4 is 10.5 Å². The van der Waals surface area contributed by atoms with Gasteiger partial charge in [-0.25, -0.2) is 17.9 Å². The Hall–Kier alpha value is -1.31. The first-order chi connectivity index (χ1) is 11.3. The Bertz CT molecular complexity index is 962. The Morgan fingerprint density at radius 2 is 2.12 bits per heavy atom. The van der Waals surface area contributed by atoms with E-state index in [4.69, 9.17) is 16.0 Å². The fourth-order valence-corrected chi connectivity index (χ4v) is 5.89. The molecule has 2 fully saturated rings. The second-order valence-electron chi connectivity index (χ2n) is 6.96. The fourth-order valence-electron chi connectivity index (χ4n) is 4.26. The Kier molecular flexibility index (Phi) is 3.78. The van der Waals surface area contributed by atoms with Gasteiger partial charge in [-0.2, -0.15) is 0 Å². The Morgan fingerprint density at radius 1 is 1.33 bits per heavy atom. The summed E-state index contributed by atoms with van der Waals surface area (Å²) in [6.45, 7) is 0.441. The molecule has 0 saturated heterocycles. The van der Waals surface area contributed by atoms with E-state index in [0.29, 0.717) is 23.9 Å². The van der Waals surface area contributed by atoms with Crippen LogP contribution in [0.5, 0.6) is 0 Å². The largest absolute Gasteiger partial charge is 0.419 e. The van der Waals surface area contributed by atoms with Gasteiger partial charge in [0.2, 0.25) is 10.0 Å². The van der Waals surface area contributed by atoms with E-state index in [1.54, 1.807) is 7.05 Å². The van der Waals surface area contributed by atoms with Gasteiger partial charge in [-0.3, -0.25) is 4.57 Å². The monoisotopic (exact) mass is 370 g/mol. The summed E-state index contributed by atoms with van der Waals surface area (Å²) in [4.78, 5) is 11.5. The van der Waals surface area contributed by atoms with Crippen LogP contribution in [-0.4, -0.2) is 19.5 Å². The first kappa shape index (κ1) is 16.2. The zero-order chi connectivity index (χ0) is 17.1. The Labute approximate surface area is 144 Å². The minimum absolute atomic E-state index is 0.0471. The molecule has 130 valence electrons. The Balaban J connectivity index is 1.60. The van der Waals surface area contributed by atoms with Crippen LogP contribution in [0.3, 0.4) is 0 Å². The average Bonchev–Trinajstić information content (AvgIpc) is 3.22. The Morgan fingerprint density at radius 3 is 2.79 bits per heavy atom. The number of rotatable bonds is 4. The van der Waals surface area contributed by atoms with Crippen molar-refractivity contribution in [3.8, 4) is 0 Å². The number of benzene rings is 1. The third-order valence-corrected chi connectivity index (χ3v) is 7.44. The highest BCUT2D eigenvalue weighted by molar-refractivity contribution is 7.89. The smallest absolute Gasteiger partial charge is 0.408 e. The van der Waals surface area contributed by atoms with Crippen molar-refractivity contribution in [3.63, 3.8) is 0 Å². The van der Waals surface area contributed by atoms with Crippen LogP contribution in [-0.2, 0) is 17.1 Å². The molecule has 0 radical (unpaired) electrons. The topological polar surface area (TPSA) is 81.3 Å². The van der Waals surface area contributed by atoms with Gasteiger partial charge in [-0.1, -0.05) is 18.0 Å². The van der Waals surface area contributed by atoms with Crippen LogP contribution in [0.25, 0.3) is 11.1 Å². The summed E-state index contributed by atoms with van der Waals surface area (Å²) in [5.41, 5.74) is 0.684. The van der Waals surface area contributed by atoms with Crippen molar-refractivity contribution in [2.24, 2.45) is 24.8 Å². The van der Waals surface area contributed by atoms with Crippen molar-refractivity contribution in [3.05, 3.63) is 27.7 Å². The van der Waals surface area contributed by atoms with Gasteiger partial charge in [0.05, 0.1) is 10.5 Å². The molecule has 2 bridgehead atoms. The standard InChI is InChI=1S/C16H19ClN2O4S/c1-19-13-6-12(17)15(7-14(13)23-16(19)20)24(21,22)18-8-11-5-9-2-3-10(11)4-9/h6-7,9-11,18H,2-5,8H2,1H3/t9-,10-,11+/m0/s1. The molecule has 1 N–H and O–H groups in total. The molecular formula is C16H19ClN2O4S. The summed E-state index contributed by atoms with van der Waals surface area (Å²) in [6, 6.07) is 2.77. The number of hydrogen-bond acceptors (Lipinski definition) is 4. The van der Waals surface area contributed by atoms with Gasteiger partial charge >= 0.3 is 5.76 Å². The third kappa shape index (κ3) is 2.59. The molecule has 2 aromatic rings. The maximum Gasteiger partial charge on any atom is 0.419 e. The lowest BCUT2D eigenvalue weighted by Crippen LogP contribution is -2.31. The summed E-state index contributed by atoms with van der Waals surface area (Å²) in [6.07, 6.45) is 4.82. The molecule has 1 aromatic heterocycles. The summed E-state index contributed by atoms with van der Waals surface area (Å²) < 4.78 is 34.3. The van der Waals surface area contributed by atoms with Crippen molar-refractivity contribution in [2.45, 2.75) is 30.6 Å². The van der Waals surface area contributed by atoms with Gasteiger partial charge in [0, 0.05) is 19.7 Å². The summed E-state index contributed by atoms with van der Waals surface area (Å²) in [7, 11) is -2.20. The quantitative estimate of drug-likeness (QED) is 0.896. The van der Waals surface area contributed by atoms with E-state index < -0.39 is 15.8 Å². The van der Waals surface area contributed by atoms with E-state index in [-0.39, 0.29) is 15.5 Å². The molecular weight excluding hydrogens is 352 g/mol. The molecule has 2 aliphatic carbocycles. The molecule has 1 aromatic carbocycles. The van der Waals surface area contributed by atoms with Crippen molar-refractivity contribution in [2.75, 3.05) is 6.54 Å². The lowest BCUT2D eigenvalue weighted by Gasteiger charge is -2.21. The van der Waals surface area contributed by atoms with Crippen LogP contribution in [0.2, 0.25) is 5.02 Å². The maximum absolute atomic E-state index is 12.6. The maximum atomic E-state index is 12.6. The second kappa shape index (κ2) is 5.61. The van der Waals surface area contributed by atoms with Crippen LogP contribution in [0, 0.1) is 17.8 Å². The lowest BCUT2D eigenvalue weighted by molar-refractivity contribution is 0.333. The predicted octanol–water partition coefficient (Wildman–Crippen LogP) is 2.50. The fraction of sp³-hybridized carbons (Fsp3) is 0.562. The second-order valence-corrected chi connectivity index (χ2v) is 9.11. The molecule has 1 heterocycles. The predicted molar refractivity (Wildman–Crippen MR) is 90.6 cm³/mol. The lowest BCUT2D eigenvalue weighted by atomic mass is 9.89. The first-order valence-electron chi connectivity index (χ1n) is 8.14. The van der Waals surface area contributed by atoms with E-state index in [9.17, 15) is 13.2 Å². The number of nitrogens with one attached hydrogen (secondary N) is 1. The minimum Gasteiger partial charge on any atom is -0.408 e. The number of aromatic nitrogens is 1. The van der Waals surface area contributed by atoms with Crippen molar-refractivity contribution < 1.29 is 12.8 Å². The highest BCUT2D eigenvalue weighted by Gasteiger charge is 2.39. The number of aryl methyl sites for hydroxylation is 1. The molecule has 4 rings (SSSR count). The normalized spacial score (nSPS) is 26.5. The van der Waals surface area contributed by atoms with Crippen LogP contribution >= 0.6 is 11.6 Å². The van der Waals surface area contributed by atoms with Gasteiger partial charge in [-0.05, 0) is 43.1 Å². The third-order valence-electron chi connectivity index (χ3n) is 5.56. The highest BCUT2D eigenvalue weighted by atomic mass is 35.5. The van der Waals surface area contributed by atoms with Crippen molar-refractivity contribution in [1.29, 1.82) is 0 Å². The van der Waals surface area contributed by atoms with Gasteiger partial charge in [0.1, 0.15) is 4.90 Å². The van der Waals surface area contributed by atoms with Crippen LogP contribution in [0.1, 0.15) is 25.7 Å². The number of halogens is 1. The SMILES string of the molecule is Cn1c(=O)oc2cc(S(=O)(=O)NC[C@H]3C[C@H]4CC[C@H]3C4)c(Cl)cc21. The molecule has 0 aliphatic heterocycles. The first-order valence-corrected chi connectivity index (χ1v) is 10.00. The van der Waals surface area contributed by atoms with E-state index >= 15 is 0 Å². The molecule has 2 saturated carbocycles. The summed E-state index contributed by atoms with van der Waals surface area (Å²) >= 11 is 6.15. The van der Waals surface area contributed by atoms with Crippen LogP contribution in [0.15, 0.2) is 26.2 Å². The summed E-state index contributed by atoms with van der Waals surface area (Å²) in [5.74, 6) is 1.27. The minimum atomic E-state index is -3.74. The van der Waals surface area contributed by atoms with Gasteiger partial charge in [0.25, 0.3) is 0 Å². The van der Waals surface area contributed by atoms with Gasteiger partial charge < -0.3 is 4.42 Å². The number of sulfonamides is 1. The van der Waals surface area contributed by atoms with Crippen molar-refractivity contribution >= 4 is 32.7 Å². The highest BCUT2D eigenvalue weighted by Crippen LogP contribution is 2.48. The van der Waals surface area contributed by atoms with Gasteiger partial charge in [0.15, 0.2) is 5.58 Å². The zero-order valence-electron chi connectivity index (χ0n) is 13.3. The molecule has 24 heavy (non-hydrogen) atoms. The number of nitrogens with zero attached hydrogens (tertiary/aromatic N) is 1. The zero-order valence-corrected chi connectivity index (χ0v) is 14.9. The summed E-state index contributed by atoms with van der Waals surface area (Å²) in [5, 5.41) is 0.0827. The van der Waals surface area contributed by atoms with E-state index in [1.807, 2.05) is 0 Å².